The highest BCUT2D eigenvalue weighted by molar-refractivity contribution is 5.82. The van der Waals surface area contributed by atoms with Gasteiger partial charge < -0.3 is 0 Å². The van der Waals surface area contributed by atoms with Gasteiger partial charge in [0.1, 0.15) is 0 Å². The lowest BCUT2D eigenvalue weighted by atomic mass is 9.97. The molecule has 2 heteroatoms. The standard InChI is InChI=1S/C17H14N2/c1-13-7-9-15(10-8-13)17-12-19-18-11-16(17)14-5-3-2-4-6-14/h2-12H,1H3/i1D3,11D,12D. The van der Waals surface area contributed by atoms with E-state index in [2.05, 4.69) is 10.2 Å². The van der Waals surface area contributed by atoms with Crippen molar-refractivity contribution in [3.8, 4) is 22.3 Å². The van der Waals surface area contributed by atoms with Crippen molar-refractivity contribution in [3.63, 3.8) is 0 Å². The molecule has 19 heavy (non-hydrogen) atoms. The lowest BCUT2D eigenvalue weighted by molar-refractivity contribution is 1.03. The minimum atomic E-state index is -2.18. The van der Waals surface area contributed by atoms with E-state index in [1.807, 2.05) is 30.3 Å². The first-order valence-corrected chi connectivity index (χ1v) is 5.88. The first kappa shape index (κ1) is 7.19. The van der Waals surface area contributed by atoms with E-state index in [4.69, 9.17) is 6.85 Å². The van der Waals surface area contributed by atoms with E-state index in [-0.39, 0.29) is 17.9 Å². The Hall–Kier alpha value is -2.48. The Morgan fingerprint density at radius 3 is 1.95 bits per heavy atom. The van der Waals surface area contributed by atoms with Crippen molar-refractivity contribution in [2.45, 2.75) is 6.85 Å². The van der Waals surface area contributed by atoms with Gasteiger partial charge in [0.25, 0.3) is 0 Å². The normalized spacial score (nSPS) is 14.8. The van der Waals surface area contributed by atoms with Crippen LogP contribution in [-0.4, -0.2) is 10.2 Å². The first-order chi connectivity index (χ1) is 11.4. The molecule has 0 N–H and O–H groups in total. The van der Waals surface area contributed by atoms with Gasteiger partial charge in [-0.2, -0.15) is 10.2 Å². The third-order valence-corrected chi connectivity index (χ3v) is 2.86. The molecule has 0 bridgehead atoms. The van der Waals surface area contributed by atoms with Crippen LogP contribution in [0.3, 0.4) is 0 Å². The number of rotatable bonds is 2. The van der Waals surface area contributed by atoms with Crippen molar-refractivity contribution in [3.05, 3.63) is 72.5 Å². The molecule has 0 aliphatic carbocycles. The van der Waals surface area contributed by atoms with Gasteiger partial charge in [0.05, 0.1) is 15.1 Å². The lowest BCUT2D eigenvalue weighted by Crippen LogP contribution is -1.89. The van der Waals surface area contributed by atoms with Crippen molar-refractivity contribution >= 4 is 0 Å². The summed E-state index contributed by atoms with van der Waals surface area (Å²) in [5.41, 5.74) is 2.61. The van der Waals surface area contributed by atoms with Crippen molar-refractivity contribution < 1.29 is 6.85 Å². The van der Waals surface area contributed by atoms with E-state index in [1.165, 1.54) is 12.1 Å². The lowest BCUT2D eigenvalue weighted by Gasteiger charge is -2.08. The van der Waals surface area contributed by atoms with Gasteiger partial charge in [0.15, 0.2) is 0 Å². The van der Waals surface area contributed by atoms with Gasteiger partial charge >= 0.3 is 0 Å². The maximum atomic E-state index is 8.10. The molecule has 0 spiro atoms. The zero-order valence-electron chi connectivity index (χ0n) is 15.1. The molecule has 0 saturated heterocycles. The highest BCUT2D eigenvalue weighted by atomic mass is 15.1. The summed E-state index contributed by atoms with van der Waals surface area (Å²) in [6, 6.07) is 15.6. The van der Waals surface area contributed by atoms with Crippen LogP contribution in [0.25, 0.3) is 22.3 Å². The third-order valence-electron chi connectivity index (χ3n) is 2.86. The molecule has 0 aliphatic rings. The third kappa shape index (κ3) is 2.38. The molecule has 0 radical (unpaired) electrons. The smallest absolute Gasteiger partial charge is 0.0867 e. The summed E-state index contributed by atoms with van der Waals surface area (Å²) in [4.78, 5) is 0. The molecule has 3 rings (SSSR count). The minimum absolute atomic E-state index is 0.0212. The molecule has 0 amide bonds. The van der Waals surface area contributed by atoms with Crippen LogP contribution in [0.1, 0.15) is 12.4 Å². The number of nitrogens with zero attached hydrogens (tertiary/aromatic N) is 2. The maximum Gasteiger partial charge on any atom is 0.0867 e. The van der Waals surface area contributed by atoms with E-state index in [0.29, 0.717) is 16.7 Å². The molecule has 2 aromatic carbocycles. The Morgan fingerprint density at radius 1 is 0.789 bits per heavy atom. The van der Waals surface area contributed by atoms with Gasteiger partial charge in [-0.25, -0.2) is 0 Å². The monoisotopic (exact) mass is 251 g/mol. The summed E-state index contributed by atoms with van der Waals surface area (Å²) in [6.45, 7) is -2.18. The summed E-state index contributed by atoms with van der Waals surface area (Å²) in [5.74, 6) is 0. The fraction of sp³-hybridized carbons (Fsp3) is 0.0588. The van der Waals surface area contributed by atoms with E-state index >= 15 is 0 Å². The van der Waals surface area contributed by atoms with Crippen LogP contribution in [-0.2, 0) is 0 Å². The zero-order chi connectivity index (χ0) is 17.3. The summed E-state index contributed by atoms with van der Waals surface area (Å²) in [7, 11) is 0. The Bertz CT molecular complexity index is 859. The Labute approximate surface area is 119 Å². The van der Waals surface area contributed by atoms with Crippen LogP contribution in [0.5, 0.6) is 0 Å². The highest BCUT2D eigenvalue weighted by Crippen LogP contribution is 2.30. The van der Waals surface area contributed by atoms with Crippen LogP contribution < -0.4 is 0 Å². The summed E-state index contributed by atoms with van der Waals surface area (Å²) < 4.78 is 38.5. The molecule has 0 saturated carbocycles. The summed E-state index contributed by atoms with van der Waals surface area (Å²) in [6.07, 6.45) is -0.0708. The molecule has 92 valence electrons. The van der Waals surface area contributed by atoms with E-state index < -0.39 is 6.85 Å². The first-order valence-electron chi connectivity index (χ1n) is 8.38. The van der Waals surface area contributed by atoms with Gasteiger partial charge in [0.2, 0.25) is 0 Å². The van der Waals surface area contributed by atoms with Gasteiger partial charge in [-0.05, 0) is 18.0 Å². The fourth-order valence-electron chi connectivity index (χ4n) is 1.92. The number of benzene rings is 2. The van der Waals surface area contributed by atoms with E-state index in [1.54, 1.807) is 12.1 Å². The topological polar surface area (TPSA) is 25.8 Å². The molecule has 2 nitrogen and oxygen atoms in total. The molecule has 3 aromatic rings. The van der Waals surface area contributed by atoms with Crippen molar-refractivity contribution in [2.24, 2.45) is 0 Å². The number of hydrogen-bond acceptors (Lipinski definition) is 2. The molecular weight excluding hydrogens is 232 g/mol. The summed E-state index contributed by atoms with van der Waals surface area (Å²) >= 11 is 0. The van der Waals surface area contributed by atoms with Crippen molar-refractivity contribution in [2.75, 3.05) is 0 Å². The van der Waals surface area contributed by atoms with Gasteiger partial charge in [0, 0.05) is 15.2 Å². The van der Waals surface area contributed by atoms with Crippen LogP contribution in [0.4, 0.5) is 0 Å². The van der Waals surface area contributed by atoms with Crippen LogP contribution >= 0.6 is 0 Å². The molecule has 0 aliphatic heterocycles. The highest BCUT2D eigenvalue weighted by Gasteiger charge is 2.07. The molecular formula is C17H14N2. The van der Waals surface area contributed by atoms with Crippen LogP contribution in [0, 0.1) is 6.85 Å². The second kappa shape index (κ2) is 5.02. The molecule has 0 unspecified atom stereocenters. The Balaban J connectivity index is 2.20. The Kier molecular flexibility index (Phi) is 1.90. The predicted octanol–water partition coefficient (Wildman–Crippen LogP) is 4.12. The van der Waals surface area contributed by atoms with Crippen molar-refractivity contribution in [1.82, 2.24) is 10.2 Å². The maximum absolute atomic E-state index is 8.10. The largest absolute Gasteiger partial charge is 0.158 e. The quantitative estimate of drug-likeness (QED) is 0.684. The average molecular weight is 251 g/mol. The molecule has 1 heterocycles. The van der Waals surface area contributed by atoms with Crippen LogP contribution in [0.2, 0.25) is 0 Å². The second-order valence-corrected chi connectivity index (χ2v) is 4.12. The number of hydrogen-bond donors (Lipinski definition) is 0. The molecule has 0 atom stereocenters. The molecule has 1 aromatic heterocycles. The summed E-state index contributed by atoms with van der Waals surface area (Å²) in [5, 5.41) is 7.47. The Morgan fingerprint density at radius 2 is 1.37 bits per heavy atom. The second-order valence-electron chi connectivity index (χ2n) is 4.12. The van der Waals surface area contributed by atoms with E-state index in [9.17, 15) is 0 Å². The van der Waals surface area contributed by atoms with Gasteiger partial charge in [-0.15, -0.1) is 0 Å². The SMILES string of the molecule is [2H]c1nnc([2H])c(-c2ccc(C([2H])([2H])[2H])cc2)c1-c1ccccc1. The predicted molar refractivity (Wildman–Crippen MR) is 77.6 cm³/mol. The minimum Gasteiger partial charge on any atom is -0.158 e. The number of aromatic nitrogens is 2. The molecule has 0 fully saturated rings. The average Bonchev–Trinajstić information content (AvgIpc) is 2.57. The van der Waals surface area contributed by atoms with Gasteiger partial charge in [-0.3, -0.25) is 0 Å². The van der Waals surface area contributed by atoms with E-state index in [0.717, 1.165) is 5.56 Å². The zero-order valence-corrected chi connectivity index (χ0v) is 10.1. The van der Waals surface area contributed by atoms with Crippen LogP contribution in [0.15, 0.2) is 66.9 Å². The fourth-order valence-corrected chi connectivity index (χ4v) is 1.92. The number of aryl methyl sites for hydroxylation is 1. The van der Waals surface area contributed by atoms with Gasteiger partial charge in [-0.1, -0.05) is 60.2 Å². The van der Waals surface area contributed by atoms with Crippen molar-refractivity contribution in [1.29, 1.82) is 0 Å².